The molecule has 0 bridgehead atoms. The summed E-state index contributed by atoms with van der Waals surface area (Å²) in [5, 5.41) is 27.4. The van der Waals surface area contributed by atoms with Crippen molar-refractivity contribution in [3.8, 4) is 11.1 Å². The molecular weight excluding hydrogens is 1040 g/mol. The summed E-state index contributed by atoms with van der Waals surface area (Å²) in [6.07, 6.45) is 2.76. The highest BCUT2D eigenvalue weighted by molar-refractivity contribution is 5.98. The van der Waals surface area contributed by atoms with E-state index in [-0.39, 0.29) is 103 Å². The number of hydrogen-bond acceptors (Lipinski definition) is 14. The highest BCUT2D eigenvalue weighted by atomic mass is 16.3. The molecule has 4 rings (SSSR count). The molecule has 0 radical (unpaired) electrons. The first-order valence-electron chi connectivity index (χ1n) is 29.4. The molecule has 450 valence electrons. The van der Waals surface area contributed by atoms with Crippen molar-refractivity contribution in [2.75, 3.05) is 32.7 Å². The summed E-state index contributed by atoms with van der Waals surface area (Å²) in [6.45, 7) is 5.25. The zero-order valence-corrected chi connectivity index (χ0v) is 48.3. The van der Waals surface area contributed by atoms with E-state index in [1.165, 1.54) is 0 Å². The average molecular weight is 1140 g/mol. The minimum Gasteiger partial charge on any atom is -0.393 e. The molecule has 0 unspecified atom stereocenters. The van der Waals surface area contributed by atoms with Crippen LogP contribution in [0.15, 0.2) is 84.9 Å². The molecule has 3 aromatic rings. The van der Waals surface area contributed by atoms with Crippen molar-refractivity contribution in [1.29, 1.82) is 0 Å². The predicted octanol–water partition coefficient (Wildman–Crippen LogP) is 2.97. The Labute approximate surface area is 484 Å². The summed E-state index contributed by atoms with van der Waals surface area (Å²) >= 11 is 0. The monoisotopic (exact) mass is 1140 g/mol. The lowest BCUT2D eigenvalue weighted by Gasteiger charge is -2.28. The van der Waals surface area contributed by atoms with Gasteiger partial charge in [0.15, 0.2) is 11.6 Å². The van der Waals surface area contributed by atoms with Crippen molar-refractivity contribution in [2.45, 2.75) is 166 Å². The number of nitrogens with two attached hydrogens (primary N) is 4. The van der Waals surface area contributed by atoms with Gasteiger partial charge in [0.2, 0.25) is 35.4 Å². The fraction of sp³-hybridized carbons (Fsp3) is 0.565. The Bertz CT molecular complexity index is 2500. The lowest BCUT2D eigenvalue weighted by Crippen LogP contribution is -2.59. The van der Waals surface area contributed by atoms with E-state index >= 15 is 0 Å². The fourth-order valence-corrected chi connectivity index (χ4v) is 10.2. The molecule has 82 heavy (non-hydrogen) atoms. The summed E-state index contributed by atoms with van der Waals surface area (Å²) in [5.74, 6) is -9.09. The molecule has 20 heteroatoms. The van der Waals surface area contributed by atoms with Crippen LogP contribution in [0.1, 0.15) is 128 Å². The van der Waals surface area contributed by atoms with Gasteiger partial charge in [-0.25, -0.2) is 0 Å². The largest absolute Gasteiger partial charge is 0.393 e. The molecule has 15 N–H and O–H groups in total. The van der Waals surface area contributed by atoms with Crippen LogP contribution in [-0.2, 0) is 56.0 Å². The van der Waals surface area contributed by atoms with E-state index in [1.807, 2.05) is 74.5 Å². The zero-order valence-electron chi connectivity index (χ0n) is 48.3. The molecule has 1 fully saturated rings. The molecule has 0 spiro atoms. The van der Waals surface area contributed by atoms with Crippen LogP contribution < -0.4 is 54.8 Å². The third-order valence-electron chi connectivity index (χ3n) is 14.9. The molecule has 1 saturated heterocycles. The standard InChI is InChI=1S/C62H92N10O10/c1-4-5-6-7-14-19-48(73)38-57(77)68-49(24-28-63)55(75)35-45-27-31-67-58(78)46(33-41-15-10-8-11-16-41)36-54(74)47(39-66)37-56(76)50(25-29-64)69-61(81)52(32-40(2)3)71-62(82)53(72-60(80)51(26-30-65)70-59(45)79)34-42-20-22-44(23-21-42)43-17-12-9-13-18-43/h8-13,15-18,20-23,40,45-53,73H,4-7,14,19,24-39,63-66H2,1-3H3,(H,67,78)(H,68,77)(H,69,81)(H,70,79)(H,71,82)(H,72,80)/t45-,46-,47+,48-,49-,50+,51+,52+,53-/m1/s1. The summed E-state index contributed by atoms with van der Waals surface area (Å²) < 4.78 is 0. The molecule has 9 atom stereocenters. The number of carbonyl (C=O) groups is 9. The van der Waals surface area contributed by atoms with Gasteiger partial charge in [-0.2, -0.15) is 0 Å². The molecular formula is C62H92N10O10. The Balaban J connectivity index is 1.77. The number of rotatable bonds is 26. The maximum Gasteiger partial charge on any atom is 0.243 e. The molecule has 3 aromatic carbocycles. The lowest BCUT2D eigenvalue weighted by molar-refractivity contribution is -0.136. The highest BCUT2D eigenvalue weighted by Gasteiger charge is 2.36. The SMILES string of the molecule is CCCCCCC[C@@H](O)CC(=O)N[C@H](CCN)C(=O)C[C@H]1CCNC(=O)[C@H](Cc2ccccc2)CC(=O)[C@H](CN)CC(=O)[C@H](CCN)NC(=O)[C@H](CC(C)C)NC(=O)[C@@H](Cc2ccc(-c3ccccc3)cc2)NC(=O)[C@H](CCN)NC1=O. The van der Waals surface area contributed by atoms with E-state index in [0.717, 1.165) is 48.8 Å². The van der Waals surface area contributed by atoms with Crippen molar-refractivity contribution in [2.24, 2.45) is 46.6 Å². The molecule has 1 heterocycles. The molecule has 6 amide bonds. The van der Waals surface area contributed by atoms with Crippen LogP contribution >= 0.6 is 0 Å². The number of carbonyl (C=O) groups excluding carboxylic acids is 9. The van der Waals surface area contributed by atoms with Gasteiger partial charge in [0.1, 0.15) is 23.9 Å². The number of hydrogen-bond donors (Lipinski definition) is 11. The second-order valence-corrected chi connectivity index (χ2v) is 22.2. The van der Waals surface area contributed by atoms with Gasteiger partial charge >= 0.3 is 0 Å². The third-order valence-corrected chi connectivity index (χ3v) is 14.9. The Kier molecular flexibility index (Phi) is 30.3. The molecule has 20 nitrogen and oxygen atoms in total. The van der Waals surface area contributed by atoms with Crippen molar-refractivity contribution in [3.63, 3.8) is 0 Å². The number of aliphatic hydroxyl groups excluding tert-OH is 1. The maximum absolute atomic E-state index is 14.7. The van der Waals surface area contributed by atoms with Crippen molar-refractivity contribution >= 4 is 52.8 Å². The van der Waals surface area contributed by atoms with Crippen molar-refractivity contribution < 1.29 is 48.3 Å². The Morgan fingerprint density at radius 1 is 0.585 bits per heavy atom. The quantitative estimate of drug-likeness (QED) is 0.0515. The number of ketones is 3. The highest BCUT2D eigenvalue weighted by Crippen LogP contribution is 2.23. The smallest absolute Gasteiger partial charge is 0.243 e. The van der Waals surface area contributed by atoms with Gasteiger partial charge < -0.3 is 59.9 Å². The topological polar surface area (TPSA) is 350 Å². The first-order valence-corrected chi connectivity index (χ1v) is 29.4. The fourth-order valence-electron chi connectivity index (χ4n) is 10.2. The van der Waals surface area contributed by atoms with Gasteiger partial charge in [0.25, 0.3) is 0 Å². The molecule has 1 aliphatic rings. The Morgan fingerprint density at radius 3 is 1.78 bits per heavy atom. The summed E-state index contributed by atoms with van der Waals surface area (Å²) in [6, 6.07) is 19.8. The van der Waals surface area contributed by atoms with Crippen LogP contribution in [0.5, 0.6) is 0 Å². The van der Waals surface area contributed by atoms with Crippen LogP contribution in [0.3, 0.4) is 0 Å². The predicted molar refractivity (Wildman–Crippen MR) is 316 cm³/mol. The van der Waals surface area contributed by atoms with E-state index in [9.17, 15) is 48.3 Å². The van der Waals surface area contributed by atoms with Gasteiger partial charge in [-0.3, -0.25) is 43.2 Å². The number of unbranched alkanes of at least 4 members (excludes halogenated alkanes) is 4. The van der Waals surface area contributed by atoms with Gasteiger partial charge in [-0.1, -0.05) is 138 Å². The van der Waals surface area contributed by atoms with E-state index in [0.29, 0.717) is 12.0 Å². The molecule has 0 aliphatic carbocycles. The van der Waals surface area contributed by atoms with Crippen LogP contribution in [0, 0.1) is 23.7 Å². The minimum atomic E-state index is -1.36. The van der Waals surface area contributed by atoms with Crippen molar-refractivity contribution in [1.82, 2.24) is 31.9 Å². The summed E-state index contributed by atoms with van der Waals surface area (Å²) in [4.78, 5) is 129. The Morgan fingerprint density at radius 2 is 1.15 bits per heavy atom. The van der Waals surface area contributed by atoms with Crippen LogP contribution in [0.2, 0.25) is 0 Å². The van der Waals surface area contributed by atoms with E-state index in [4.69, 9.17) is 22.9 Å². The zero-order chi connectivity index (χ0) is 60.0. The van der Waals surface area contributed by atoms with E-state index < -0.39 is 113 Å². The lowest BCUT2D eigenvalue weighted by atomic mass is 9.86. The second-order valence-electron chi connectivity index (χ2n) is 22.2. The Hall–Kier alpha value is -6.71. The first kappa shape index (κ1) is 67.8. The first-order chi connectivity index (χ1) is 39.4. The average Bonchev–Trinajstić information content (AvgIpc) is 3.49. The number of amides is 6. The summed E-state index contributed by atoms with van der Waals surface area (Å²) in [5.41, 5.74) is 27.4. The van der Waals surface area contributed by atoms with Crippen molar-refractivity contribution in [3.05, 3.63) is 96.1 Å². The van der Waals surface area contributed by atoms with E-state index in [2.05, 4.69) is 38.8 Å². The normalized spacial score (nSPS) is 22.0. The van der Waals surface area contributed by atoms with Crippen LogP contribution in [0.4, 0.5) is 0 Å². The minimum absolute atomic E-state index is 0.00168. The van der Waals surface area contributed by atoms with Gasteiger partial charge in [0.05, 0.1) is 24.6 Å². The van der Waals surface area contributed by atoms with Gasteiger partial charge in [0, 0.05) is 56.5 Å². The maximum atomic E-state index is 14.7. The molecule has 0 saturated carbocycles. The third kappa shape index (κ3) is 23.6. The second kappa shape index (κ2) is 36.7. The van der Waals surface area contributed by atoms with E-state index in [1.54, 1.807) is 24.3 Å². The number of Topliss-reactive ketones (excluding diaryl/α,β-unsaturated/α-hetero) is 3. The number of nitrogens with one attached hydrogen (secondary N) is 6. The molecule has 1 aliphatic heterocycles. The summed E-state index contributed by atoms with van der Waals surface area (Å²) in [7, 11) is 0. The van der Waals surface area contributed by atoms with Crippen LogP contribution in [0.25, 0.3) is 11.1 Å². The van der Waals surface area contributed by atoms with Crippen LogP contribution in [-0.4, -0.2) is 127 Å². The number of benzene rings is 3. The molecule has 0 aromatic heterocycles. The van der Waals surface area contributed by atoms with Gasteiger partial charge in [-0.15, -0.1) is 0 Å². The number of aliphatic hydroxyl groups is 1. The van der Waals surface area contributed by atoms with Gasteiger partial charge in [-0.05, 0) is 92.8 Å².